The van der Waals surface area contributed by atoms with Gasteiger partial charge in [-0.05, 0) is 46.5 Å². The molecule has 3 amide bonds. The van der Waals surface area contributed by atoms with E-state index in [1.165, 1.54) is 0 Å². The Morgan fingerprint density at radius 3 is 2.21 bits per heavy atom. The SMILES string of the molecule is CC1CCN(C(=O)NC(C)C(=O)NC(C)(C)C)CC1. The van der Waals surface area contributed by atoms with Crippen molar-refractivity contribution < 1.29 is 9.59 Å². The first-order valence-electron chi connectivity index (χ1n) is 7.06. The fourth-order valence-electron chi connectivity index (χ4n) is 2.03. The Labute approximate surface area is 116 Å². The molecule has 1 aliphatic rings. The quantitative estimate of drug-likeness (QED) is 0.802. The lowest BCUT2D eigenvalue weighted by atomic mass is 10.00. The Morgan fingerprint density at radius 1 is 1.21 bits per heavy atom. The fourth-order valence-corrected chi connectivity index (χ4v) is 2.03. The Hall–Kier alpha value is -1.26. The van der Waals surface area contributed by atoms with Gasteiger partial charge in [0.15, 0.2) is 0 Å². The van der Waals surface area contributed by atoms with Gasteiger partial charge < -0.3 is 15.5 Å². The zero-order valence-corrected chi connectivity index (χ0v) is 12.7. The molecule has 0 saturated carbocycles. The topological polar surface area (TPSA) is 61.4 Å². The van der Waals surface area contributed by atoms with Gasteiger partial charge in [-0.1, -0.05) is 6.92 Å². The van der Waals surface area contributed by atoms with E-state index in [4.69, 9.17) is 0 Å². The maximum Gasteiger partial charge on any atom is 0.318 e. The highest BCUT2D eigenvalue weighted by Gasteiger charge is 2.24. The van der Waals surface area contributed by atoms with Gasteiger partial charge in [0.1, 0.15) is 6.04 Å². The van der Waals surface area contributed by atoms with Crippen LogP contribution in [0.3, 0.4) is 0 Å². The summed E-state index contributed by atoms with van der Waals surface area (Å²) < 4.78 is 0. The standard InChI is InChI=1S/C14H27N3O2/c1-10-6-8-17(9-7-10)13(19)15-11(2)12(18)16-14(3,4)5/h10-11H,6-9H2,1-5H3,(H,15,19)(H,16,18). The molecular weight excluding hydrogens is 242 g/mol. The van der Waals surface area contributed by atoms with Crippen molar-refractivity contribution in [3.8, 4) is 0 Å². The number of carbonyl (C=O) groups is 2. The number of rotatable bonds is 2. The summed E-state index contributed by atoms with van der Waals surface area (Å²) >= 11 is 0. The summed E-state index contributed by atoms with van der Waals surface area (Å²) in [5.41, 5.74) is -0.281. The molecule has 1 saturated heterocycles. The highest BCUT2D eigenvalue weighted by Crippen LogP contribution is 2.15. The van der Waals surface area contributed by atoms with Crippen molar-refractivity contribution in [3.63, 3.8) is 0 Å². The molecule has 0 aromatic heterocycles. The highest BCUT2D eigenvalue weighted by atomic mass is 16.2. The predicted molar refractivity (Wildman–Crippen MR) is 75.9 cm³/mol. The van der Waals surface area contributed by atoms with Crippen LogP contribution in [0.25, 0.3) is 0 Å². The third-order valence-corrected chi connectivity index (χ3v) is 3.30. The lowest BCUT2D eigenvalue weighted by molar-refractivity contribution is -0.124. The Kier molecular flexibility index (Phi) is 5.20. The van der Waals surface area contributed by atoms with Crippen LogP contribution in [0.1, 0.15) is 47.5 Å². The molecule has 19 heavy (non-hydrogen) atoms. The van der Waals surface area contributed by atoms with Crippen LogP contribution >= 0.6 is 0 Å². The number of amides is 3. The third kappa shape index (κ3) is 5.49. The van der Waals surface area contributed by atoms with Crippen molar-refractivity contribution in [3.05, 3.63) is 0 Å². The molecule has 5 heteroatoms. The largest absolute Gasteiger partial charge is 0.350 e. The molecule has 5 nitrogen and oxygen atoms in total. The lowest BCUT2D eigenvalue weighted by Crippen LogP contribution is -2.54. The summed E-state index contributed by atoms with van der Waals surface area (Å²) in [6.45, 7) is 11.2. The van der Waals surface area contributed by atoms with E-state index in [0.29, 0.717) is 5.92 Å². The van der Waals surface area contributed by atoms with Gasteiger partial charge in [0.25, 0.3) is 0 Å². The van der Waals surface area contributed by atoms with E-state index < -0.39 is 6.04 Å². The van der Waals surface area contributed by atoms with E-state index in [9.17, 15) is 9.59 Å². The zero-order valence-electron chi connectivity index (χ0n) is 12.7. The summed E-state index contributed by atoms with van der Waals surface area (Å²) in [5, 5.41) is 5.62. The van der Waals surface area contributed by atoms with Crippen molar-refractivity contribution >= 4 is 11.9 Å². The molecule has 1 heterocycles. The molecule has 1 fully saturated rings. The Morgan fingerprint density at radius 2 is 1.74 bits per heavy atom. The van der Waals surface area contributed by atoms with Gasteiger partial charge in [-0.25, -0.2) is 4.79 Å². The Bertz CT molecular complexity index is 328. The molecule has 1 aliphatic heterocycles. The average Bonchev–Trinajstić information content (AvgIpc) is 2.27. The molecule has 2 N–H and O–H groups in total. The van der Waals surface area contributed by atoms with E-state index in [1.54, 1.807) is 11.8 Å². The summed E-state index contributed by atoms with van der Waals surface area (Å²) in [6, 6.07) is -0.644. The second-order valence-electron chi connectivity index (χ2n) is 6.58. The first-order valence-corrected chi connectivity index (χ1v) is 7.06. The number of hydrogen-bond donors (Lipinski definition) is 2. The zero-order chi connectivity index (χ0) is 14.6. The number of carbonyl (C=O) groups excluding carboxylic acids is 2. The molecule has 0 aromatic rings. The maximum atomic E-state index is 12.0. The first-order chi connectivity index (χ1) is 8.69. The van der Waals surface area contributed by atoms with Crippen molar-refractivity contribution in [1.29, 1.82) is 0 Å². The van der Waals surface area contributed by atoms with Crippen molar-refractivity contribution in [1.82, 2.24) is 15.5 Å². The second-order valence-corrected chi connectivity index (χ2v) is 6.58. The monoisotopic (exact) mass is 269 g/mol. The Balaban J connectivity index is 2.41. The van der Waals surface area contributed by atoms with Crippen molar-refractivity contribution in [2.45, 2.75) is 59.0 Å². The number of nitrogens with zero attached hydrogens (tertiary/aromatic N) is 1. The normalized spacial score (nSPS) is 18.9. The van der Waals surface area contributed by atoms with E-state index >= 15 is 0 Å². The van der Waals surface area contributed by atoms with Gasteiger partial charge >= 0.3 is 6.03 Å². The predicted octanol–water partition coefficient (Wildman–Crippen LogP) is 1.73. The average molecular weight is 269 g/mol. The van der Waals surface area contributed by atoms with Crippen molar-refractivity contribution in [2.24, 2.45) is 5.92 Å². The molecule has 0 spiro atoms. The minimum atomic E-state index is -0.508. The molecule has 1 atom stereocenters. The molecule has 0 bridgehead atoms. The van der Waals surface area contributed by atoms with E-state index in [0.717, 1.165) is 25.9 Å². The second kappa shape index (κ2) is 6.26. The highest BCUT2D eigenvalue weighted by molar-refractivity contribution is 5.87. The van der Waals surface area contributed by atoms with E-state index in [2.05, 4.69) is 17.6 Å². The number of piperidine rings is 1. The summed E-state index contributed by atoms with van der Waals surface area (Å²) in [6.07, 6.45) is 2.08. The van der Waals surface area contributed by atoms with Crippen molar-refractivity contribution in [2.75, 3.05) is 13.1 Å². The van der Waals surface area contributed by atoms with E-state index in [1.807, 2.05) is 20.8 Å². The number of likely N-dealkylation sites (tertiary alicyclic amines) is 1. The van der Waals surface area contributed by atoms with E-state index in [-0.39, 0.29) is 17.5 Å². The van der Waals surface area contributed by atoms with Gasteiger partial charge in [-0.3, -0.25) is 4.79 Å². The van der Waals surface area contributed by atoms with Gasteiger partial charge in [0, 0.05) is 18.6 Å². The van der Waals surface area contributed by atoms with Crippen LogP contribution in [-0.2, 0) is 4.79 Å². The molecule has 1 rings (SSSR count). The van der Waals surface area contributed by atoms with Crippen LogP contribution < -0.4 is 10.6 Å². The van der Waals surface area contributed by atoms with Crippen LogP contribution in [0.2, 0.25) is 0 Å². The molecule has 1 unspecified atom stereocenters. The summed E-state index contributed by atoms with van der Waals surface area (Å²) in [7, 11) is 0. The maximum absolute atomic E-state index is 12.0. The molecule has 110 valence electrons. The lowest BCUT2D eigenvalue weighted by Gasteiger charge is -2.31. The van der Waals surface area contributed by atoms with Gasteiger partial charge in [0.2, 0.25) is 5.91 Å². The number of hydrogen-bond acceptors (Lipinski definition) is 2. The molecular formula is C14H27N3O2. The summed E-state index contributed by atoms with van der Waals surface area (Å²) in [5.74, 6) is 0.539. The van der Waals surface area contributed by atoms with Crippen LogP contribution in [-0.4, -0.2) is 41.5 Å². The van der Waals surface area contributed by atoms with Gasteiger partial charge in [0.05, 0.1) is 0 Å². The van der Waals surface area contributed by atoms with Gasteiger partial charge in [-0.15, -0.1) is 0 Å². The third-order valence-electron chi connectivity index (χ3n) is 3.30. The van der Waals surface area contributed by atoms with Crippen LogP contribution in [0.15, 0.2) is 0 Å². The fraction of sp³-hybridized carbons (Fsp3) is 0.857. The number of urea groups is 1. The first kappa shape index (κ1) is 15.8. The molecule has 0 aromatic carbocycles. The van der Waals surface area contributed by atoms with Gasteiger partial charge in [-0.2, -0.15) is 0 Å². The van der Waals surface area contributed by atoms with Crippen LogP contribution in [0, 0.1) is 5.92 Å². The smallest absolute Gasteiger partial charge is 0.318 e. The van der Waals surface area contributed by atoms with Crippen LogP contribution in [0.5, 0.6) is 0 Å². The minimum absolute atomic E-state index is 0.136. The number of nitrogens with one attached hydrogen (secondary N) is 2. The minimum Gasteiger partial charge on any atom is -0.350 e. The molecule has 0 aliphatic carbocycles. The summed E-state index contributed by atoms with van der Waals surface area (Å²) in [4.78, 5) is 25.7. The van der Waals surface area contributed by atoms with Crippen LogP contribution in [0.4, 0.5) is 4.79 Å². The molecule has 0 radical (unpaired) electrons.